The number of ether oxygens (including phenoxy) is 1. The minimum atomic E-state index is -0.480. The average molecular weight is 341 g/mol. The third kappa shape index (κ3) is 2.25. The average Bonchev–Trinajstić information content (AvgIpc) is 3.26. The van der Waals surface area contributed by atoms with Gasteiger partial charge < -0.3 is 14.7 Å². The van der Waals surface area contributed by atoms with Crippen molar-refractivity contribution in [2.75, 3.05) is 13.1 Å². The van der Waals surface area contributed by atoms with Crippen molar-refractivity contribution in [1.82, 2.24) is 4.90 Å². The molecule has 1 saturated heterocycles. The summed E-state index contributed by atoms with van der Waals surface area (Å²) < 4.78 is 6.36. The van der Waals surface area contributed by atoms with Crippen LogP contribution in [0.2, 0.25) is 0 Å². The number of likely N-dealkylation sites (tertiary alicyclic amines) is 1. The van der Waals surface area contributed by atoms with Crippen molar-refractivity contribution >= 4 is 11.7 Å². The molecule has 1 N–H and O–H groups in total. The van der Waals surface area contributed by atoms with E-state index in [9.17, 15) is 14.7 Å². The van der Waals surface area contributed by atoms with E-state index in [4.69, 9.17) is 4.74 Å². The molecule has 2 heterocycles. The number of aliphatic hydroxyl groups excluding tert-OH is 1. The van der Waals surface area contributed by atoms with E-state index in [-0.39, 0.29) is 29.6 Å². The molecule has 4 atom stereocenters. The summed E-state index contributed by atoms with van der Waals surface area (Å²) in [5.74, 6) is 1.56. The highest BCUT2D eigenvalue weighted by molar-refractivity contribution is 6.00. The topological polar surface area (TPSA) is 66.8 Å². The molecule has 2 aliphatic heterocycles. The predicted molar refractivity (Wildman–Crippen MR) is 90.3 cm³/mol. The number of para-hydroxylation sites is 1. The number of piperidine rings is 1. The van der Waals surface area contributed by atoms with E-state index >= 15 is 0 Å². The van der Waals surface area contributed by atoms with Crippen LogP contribution in [0.1, 0.15) is 42.5 Å². The van der Waals surface area contributed by atoms with E-state index in [0.717, 1.165) is 12.8 Å². The standard InChI is InChI=1S/C20H23NO4/c22-12-6-9-21(10-7-12)19(24)17-14-5-8-20(18(14)17)11-15(23)13-3-1-2-4-16(13)25-20/h1-4,12,14,17-18,22H,5-11H2/t14-,17-,18-,20-/m1/s1. The van der Waals surface area contributed by atoms with Gasteiger partial charge >= 0.3 is 0 Å². The molecule has 1 aromatic rings. The number of benzene rings is 1. The molecular weight excluding hydrogens is 318 g/mol. The van der Waals surface area contributed by atoms with Gasteiger partial charge in [0.2, 0.25) is 5.91 Å². The van der Waals surface area contributed by atoms with Crippen LogP contribution in [0.3, 0.4) is 0 Å². The van der Waals surface area contributed by atoms with E-state index in [0.29, 0.717) is 49.6 Å². The molecule has 2 aliphatic carbocycles. The van der Waals surface area contributed by atoms with E-state index in [1.54, 1.807) is 0 Å². The number of carbonyl (C=O) groups is 2. The Morgan fingerprint density at radius 2 is 1.96 bits per heavy atom. The second kappa shape index (κ2) is 5.31. The van der Waals surface area contributed by atoms with Crippen molar-refractivity contribution in [1.29, 1.82) is 0 Å². The van der Waals surface area contributed by atoms with Gasteiger partial charge in [0, 0.05) is 24.9 Å². The van der Waals surface area contributed by atoms with E-state index in [1.165, 1.54) is 0 Å². The minimum absolute atomic E-state index is 0.00190. The van der Waals surface area contributed by atoms with Crippen LogP contribution in [0, 0.1) is 17.8 Å². The summed E-state index contributed by atoms with van der Waals surface area (Å²) in [6, 6.07) is 7.45. The highest BCUT2D eigenvalue weighted by Gasteiger charge is 2.71. The number of hydrogen-bond donors (Lipinski definition) is 1. The molecular formula is C20H23NO4. The van der Waals surface area contributed by atoms with E-state index < -0.39 is 5.60 Å². The zero-order valence-corrected chi connectivity index (χ0v) is 14.2. The molecule has 1 aromatic carbocycles. The molecule has 4 aliphatic rings. The number of aliphatic hydroxyl groups is 1. The summed E-state index contributed by atoms with van der Waals surface area (Å²) >= 11 is 0. The SMILES string of the molecule is O=C1C[C@@]2(CC[C@@H]3[C@@H](C(=O)N4CCC(O)CC4)[C@@H]32)Oc2ccccc21. The summed E-state index contributed by atoms with van der Waals surface area (Å²) in [4.78, 5) is 27.5. The van der Waals surface area contributed by atoms with Gasteiger partial charge in [0.05, 0.1) is 18.1 Å². The number of nitrogens with zero attached hydrogens (tertiary/aromatic N) is 1. The van der Waals surface area contributed by atoms with Crippen LogP contribution in [0.25, 0.3) is 0 Å². The minimum Gasteiger partial charge on any atom is -0.486 e. The highest BCUT2D eigenvalue weighted by Crippen LogP contribution is 2.66. The molecule has 132 valence electrons. The first-order valence-corrected chi connectivity index (χ1v) is 9.37. The zero-order valence-electron chi connectivity index (χ0n) is 14.2. The van der Waals surface area contributed by atoms with Crippen molar-refractivity contribution in [2.24, 2.45) is 17.8 Å². The molecule has 5 heteroatoms. The van der Waals surface area contributed by atoms with Gasteiger partial charge in [0.1, 0.15) is 11.4 Å². The van der Waals surface area contributed by atoms with Crippen molar-refractivity contribution in [3.63, 3.8) is 0 Å². The van der Waals surface area contributed by atoms with Crippen molar-refractivity contribution in [3.05, 3.63) is 29.8 Å². The Morgan fingerprint density at radius 1 is 1.20 bits per heavy atom. The van der Waals surface area contributed by atoms with Crippen LogP contribution in [-0.2, 0) is 4.79 Å². The summed E-state index contributed by atoms with van der Waals surface area (Å²) in [6.07, 6.45) is 3.29. The smallest absolute Gasteiger partial charge is 0.226 e. The Balaban J connectivity index is 1.36. The first-order chi connectivity index (χ1) is 12.1. The van der Waals surface area contributed by atoms with Crippen molar-refractivity contribution < 1.29 is 19.4 Å². The Bertz CT molecular complexity index is 739. The highest BCUT2D eigenvalue weighted by atomic mass is 16.5. The van der Waals surface area contributed by atoms with Gasteiger partial charge in [0.15, 0.2) is 5.78 Å². The van der Waals surface area contributed by atoms with Crippen LogP contribution < -0.4 is 4.74 Å². The first kappa shape index (κ1) is 15.4. The number of hydrogen-bond acceptors (Lipinski definition) is 4. The Hall–Kier alpha value is -1.88. The van der Waals surface area contributed by atoms with Gasteiger partial charge in [-0.15, -0.1) is 0 Å². The normalized spacial score (nSPS) is 36.8. The third-order valence-corrected chi connectivity index (χ3v) is 6.70. The zero-order chi connectivity index (χ0) is 17.2. The van der Waals surface area contributed by atoms with Crippen LogP contribution in [0.15, 0.2) is 24.3 Å². The number of rotatable bonds is 1. The van der Waals surface area contributed by atoms with E-state index in [1.807, 2.05) is 29.2 Å². The molecule has 0 bridgehead atoms. The Labute approximate surface area is 147 Å². The van der Waals surface area contributed by atoms with Gasteiger partial charge in [-0.2, -0.15) is 0 Å². The maximum atomic E-state index is 12.9. The maximum absolute atomic E-state index is 12.9. The van der Waals surface area contributed by atoms with E-state index in [2.05, 4.69) is 0 Å². The third-order valence-electron chi connectivity index (χ3n) is 6.70. The molecule has 3 fully saturated rings. The van der Waals surface area contributed by atoms with Crippen LogP contribution in [-0.4, -0.2) is 46.5 Å². The molecule has 2 saturated carbocycles. The Kier molecular flexibility index (Phi) is 3.26. The summed E-state index contributed by atoms with van der Waals surface area (Å²) in [7, 11) is 0. The fraction of sp³-hybridized carbons (Fsp3) is 0.600. The lowest BCUT2D eigenvalue weighted by atomic mass is 9.84. The van der Waals surface area contributed by atoms with Crippen LogP contribution in [0.4, 0.5) is 0 Å². The molecule has 25 heavy (non-hydrogen) atoms. The molecule has 5 nitrogen and oxygen atoms in total. The number of fused-ring (bicyclic) bond motifs is 3. The summed E-state index contributed by atoms with van der Waals surface area (Å²) in [5, 5.41) is 9.65. The monoisotopic (exact) mass is 341 g/mol. The quantitative estimate of drug-likeness (QED) is 0.849. The molecule has 5 rings (SSSR count). The van der Waals surface area contributed by atoms with Gasteiger partial charge in [-0.05, 0) is 43.7 Å². The van der Waals surface area contributed by atoms with Crippen LogP contribution >= 0.6 is 0 Å². The fourth-order valence-corrected chi connectivity index (χ4v) is 5.40. The lowest BCUT2D eigenvalue weighted by molar-refractivity contribution is -0.136. The number of carbonyl (C=O) groups excluding carboxylic acids is 2. The number of Topliss-reactive ketones (excluding diaryl/α,β-unsaturated/α-hetero) is 1. The maximum Gasteiger partial charge on any atom is 0.226 e. The van der Waals surface area contributed by atoms with Gasteiger partial charge in [-0.1, -0.05) is 12.1 Å². The second-order valence-electron chi connectivity index (χ2n) is 8.07. The molecule has 0 radical (unpaired) electrons. The van der Waals surface area contributed by atoms with Gasteiger partial charge in [-0.25, -0.2) is 0 Å². The summed E-state index contributed by atoms with van der Waals surface area (Å²) in [5.41, 5.74) is 0.191. The van der Waals surface area contributed by atoms with Crippen molar-refractivity contribution in [2.45, 2.75) is 43.8 Å². The van der Waals surface area contributed by atoms with Crippen molar-refractivity contribution in [3.8, 4) is 5.75 Å². The molecule has 1 spiro atoms. The molecule has 0 unspecified atom stereocenters. The Morgan fingerprint density at radius 3 is 2.76 bits per heavy atom. The predicted octanol–water partition coefficient (Wildman–Crippen LogP) is 2.03. The first-order valence-electron chi connectivity index (χ1n) is 9.37. The molecule has 1 amide bonds. The summed E-state index contributed by atoms with van der Waals surface area (Å²) in [6.45, 7) is 1.29. The van der Waals surface area contributed by atoms with Crippen LogP contribution in [0.5, 0.6) is 5.75 Å². The van der Waals surface area contributed by atoms with Gasteiger partial charge in [0.25, 0.3) is 0 Å². The van der Waals surface area contributed by atoms with Gasteiger partial charge in [-0.3, -0.25) is 9.59 Å². The lowest BCUT2D eigenvalue weighted by Crippen LogP contribution is -2.46. The molecule has 0 aromatic heterocycles. The number of amides is 1. The largest absolute Gasteiger partial charge is 0.486 e. The number of ketones is 1. The second-order valence-corrected chi connectivity index (χ2v) is 8.07. The fourth-order valence-electron chi connectivity index (χ4n) is 5.40. The lowest BCUT2D eigenvalue weighted by Gasteiger charge is -2.37.